The SMILES string of the molecule is Cc1cccn2c(/C=C/C(=O)O)c(Cl)nc12. The third-order valence-corrected chi connectivity index (χ3v) is 2.50. The van der Waals surface area contributed by atoms with Gasteiger partial charge in [-0.2, -0.15) is 0 Å². The van der Waals surface area contributed by atoms with Crippen LogP contribution in [0.4, 0.5) is 0 Å². The molecule has 82 valence electrons. The van der Waals surface area contributed by atoms with Crippen LogP contribution in [0.15, 0.2) is 24.4 Å². The average molecular weight is 237 g/mol. The monoisotopic (exact) mass is 236 g/mol. The summed E-state index contributed by atoms with van der Waals surface area (Å²) in [6.07, 6.45) is 4.27. The molecule has 0 aromatic carbocycles. The smallest absolute Gasteiger partial charge is 0.328 e. The van der Waals surface area contributed by atoms with Crippen molar-refractivity contribution in [2.75, 3.05) is 0 Å². The number of imidazole rings is 1. The van der Waals surface area contributed by atoms with Gasteiger partial charge in [-0.1, -0.05) is 17.7 Å². The maximum Gasteiger partial charge on any atom is 0.328 e. The summed E-state index contributed by atoms with van der Waals surface area (Å²) in [6.45, 7) is 1.92. The Hall–Kier alpha value is -1.81. The number of hydrogen-bond acceptors (Lipinski definition) is 2. The minimum Gasteiger partial charge on any atom is -0.478 e. The third-order valence-electron chi connectivity index (χ3n) is 2.22. The lowest BCUT2D eigenvalue weighted by molar-refractivity contribution is -0.131. The number of aliphatic carboxylic acids is 1. The Bertz CT molecular complexity index is 587. The molecular weight excluding hydrogens is 228 g/mol. The van der Waals surface area contributed by atoms with Gasteiger partial charge in [0, 0.05) is 12.3 Å². The van der Waals surface area contributed by atoms with E-state index in [-0.39, 0.29) is 0 Å². The number of carbonyl (C=O) groups is 1. The highest BCUT2D eigenvalue weighted by Gasteiger charge is 2.08. The van der Waals surface area contributed by atoms with Crippen LogP contribution in [-0.2, 0) is 4.79 Å². The van der Waals surface area contributed by atoms with Gasteiger partial charge in [-0.15, -0.1) is 0 Å². The molecule has 0 amide bonds. The molecule has 0 saturated carbocycles. The van der Waals surface area contributed by atoms with Gasteiger partial charge in [0.1, 0.15) is 5.65 Å². The molecule has 2 rings (SSSR count). The molecule has 4 nitrogen and oxygen atoms in total. The topological polar surface area (TPSA) is 54.6 Å². The van der Waals surface area contributed by atoms with Gasteiger partial charge in [0.2, 0.25) is 0 Å². The average Bonchev–Trinajstić information content (AvgIpc) is 2.53. The molecule has 2 aromatic heterocycles. The molecule has 0 atom stereocenters. The van der Waals surface area contributed by atoms with Crippen LogP contribution in [-0.4, -0.2) is 20.5 Å². The van der Waals surface area contributed by atoms with Gasteiger partial charge in [-0.3, -0.25) is 4.40 Å². The summed E-state index contributed by atoms with van der Waals surface area (Å²) >= 11 is 5.95. The number of aromatic nitrogens is 2. The summed E-state index contributed by atoms with van der Waals surface area (Å²) in [5, 5.41) is 8.87. The van der Waals surface area contributed by atoms with Gasteiger partial charge < -0.3 is 5.11 Å². The maximum absolute atomic E-state index is 10.4. The van der Waals surface area contributed by atoms with E-state index in [1.807, 2.05) is 19.1 Å². The lowest BCUT2D eigenvalue weighted by Crippen LogP contribution is -1.90. The molecule has 16 heavy (non-hydrogen) atoms. The van der Waals surface area contributed by atoms with Crippen molar-refractivity contribution >= 4 is 29.3 Å². The Morgan fingerprint density at radius 1 is 1.62 bits per heavy atom. The fourth-order valence-corrected chi connectivity index (χ4v) is 1.73. The molecule has 0 spiro atoms. The summed E-state index contributed by atoms with van der Waals surface area (Å²) in [6, 6.07) is 3.78. The molecule has 0 unspecified atom stereocenters. The van der Waals surface area contributed by atoms with E-state index in [0.29, 0.717) is 10.8 Å². The highest BCUT2D eigenvalue weighted by atomic mass is 35.5. The van der Waals surface area contributed by atoms with Crippen molar-refractivity contribution in [1.29, 1.82) is 0 Å². The van der Waals surface area contributed by atoms with E-state index in [1.165, 1.54) is 6.08 Å². The van der Waals surface area contributed by atoms with Gasteiger partial charge in [-0.25, -0.2) is 9.78 Å². The van der Waals surface area contributed by atoms with E-state index in [4.69, 9.17) is 16.7 Å². The first-order valence-electron chi connectivity index (χ1n) is 4.64. The maximum atomic E-state index is 10.4. The molecule has 2 aromatic rings. The molecule has 0 saturated heterocycles. The van der Waals surface area contributed by atoms with Crippen molar-refractivity contribution in [2.24, 2.45) is 0 Å². The van der Waals surface area contributed by atoms with Gasteiger partial charge in [-0.05, 0) is 24.6 Å². The van der Waals surface area contributed by atoms with Crippen LogP contribution in [0.25, 0.3) is 11.7 Å². The zero-order valence-electron chi connectivity index (χ0n) is 8.51. The second-order valence-electron chi connectivity index (χ2n) is 3.34. The Morgan fingerprint density at radius 3 is 3.06 bits per heavy atom. The molecule has 0 fully saturated rings. The normalized spacial score (nSPS) is 11.4. The molecule has 0 radical (unpaired) electrons. The van der Waals surface area contributed by atoms with Gasteiger partial charge >= 0.3 is 5.97 Å². The van der Waals surface area contributed by atoms with Crippen LogP contribution in [0, 0.1) is 6.92 Å². The fraction of sp³-hybridized carbons (Fsp3) is 0.0909. The molecule has 2 heterocycles. The summed E-state index contributed by atoms with van der Waals surface area (Å²) < 4.78 is 1.76. The molecule has 0 aliphatic carbocycles. The highest BCUT2D eigenvalue weighted by Crippen LogP contribution is 2.20. The Labute approximate surface area is 96.8 Å². The Balaban J connectivity index is 2.65. The number of rotatable bonds is 2. The van der Waals surface area contributed by atoms with E-state index in [0.717, 1.165) is 17.3 Å². The second-order valence-corrected chi connectivity index (χ2v) is 3.70. The minimum atomic E-state index is -1.02. The summed E-state index contributed by atoms with van der Waals surface area (Å²) in [7, 11) is 0. The fourth-order valence-electron chi connectivity index (χ4n) is 1.49. The van der Waals surface area contributed by atoms with Crippen molar-refractivity contribution in [3.8, 4) is 0 Å². The number of carboxylic acid groups (broad SMARTS) is 1. The van der Waals surface area contributed by atoms with E-state index in [9.17, 15) is 4.79 Å². The molecule has 0 bridgehead atoms. The first-order chi connectivity index (χ1) is 7.59. The zero-order valence-corrected chi connectivity index (χ0v) is 9.27. The number of aryl methyl sites for hydroxylation is 1. The number of hydrogen-bond donors (Lipinski definition) is 1. The number of halogens is 1. The van der Waals surface area contributed by atoms with E-state index < -0.39 is 5.97 Å². The highest BCUT2D eigenvalue weighted by molar-refractivity contribution is 6.31. The van der Waals surface area contributed by atoms with Crippen LogP contribution >= 0.6 is 11.6 Å². The van der Waals surface area contributed by atoms with Crippen LogP contribution < -0.4 is 0 Å². The minimum absolute atomic E-state index is 0.298. The molecule has 1 N–H and O–H groups in total. The van der Waals surface area contributed by atoms with Crippen molar-refractivity contribution in [3.63, 3.8) is 0 Å². The van der Waals surface area contributed by atoms with Gasteiger partial charge in [0.15, 0.2) is 5.15 Å². The number of nitrogens with zero attached hydrogens (tertiary/aromatic N) is 2. The first-order valence-corrected chi connectivity index (χ1v) is 5.01. The lowest BCUT2D eigenvalue weighted by atomic mass is 10.3. The van der Waals surface area contributed by atoms with Crippen molar-refractivity contribution in [2.45, 2.75) is 6.92 Å². The number of fused-ring (bicyclic) bond motifs is 1. The number of pyridine rings is 1. The van der Waals surface area contributed by atoms with E-state index in [2.05, 4.69) is 4.98 Å². The third kappa shape index (κ3) is 1.79. The zero-order chi connectivity index (χ0) is 11.7. The second kappa shape index (κ2) is 3.98. The standard InChI is InChI=1S/C11H9ClN2O2/c1-7-3-2-6-14-8(4-5-9(15)16)10(12)13-11(7)14/h2-6H,1H3,(H,15,16)/b5-4+. The summed E-state index contributed by atoms with van der Waals surface area (Å²) in [5.74, 6) is -1.02. The number of carboxylic acids is 1. The van der Waals surface area contributed by atoms with Gasteiger partial charge in [0.05, 0.1) is 5.69 Å². The predicted octanol–water partition coefficient (Wildman–Crippen LogP) is 2.39. The summed E-state index contributed by atoms with van der Waals surface area (Å²) in [5.41, 5.74) is 2.29. The van der Waals surface area contributed by atoms with Gasteiger partial charge in [0.25, 0.3) is 0 Å². The van der Waals surface area contributed by atoms with E-state index in [1.54, 1.807) is 10.6 Å². The molecule has 0 aliphatic heterocycles. The molecular formula is C11H9ClN2O2. The van der Waals surface area contributed by atoms with Crippen LogP contribution in [0.5, 0.6) is 0 Å². The lowest BCUT2D eigenvalue weighted by Gasteiger charge is -1.98. The van der Waals surface area contributed by atoms with Crippen LogP contribution in [0.3, 0.4) is 0 Å². The largest absolute Gasteiger partial charge is 0.478 e. The first kappa shape index (κ1) is 10.7. The van der Waals surface area contributed by atoms with Crippen molar-refractivity contribution in [3.05, 3.63) is 40.8 Å². The van der Waals surface area contributed by atoms with Crippen molar-refractivity contribution < 1.29 is 9.90 Å². The Morgan fingerprint density at radius 2 is 2.38 bits per heavy atom. The van der Waals surface area contributed by atoms with Crippen molar-refractivity contribution in [1.82, 2.24) is 9.38 Å². The predicted molar refractivity (Wildman–Crippen MR) is 61.6 cm³/mol. The Kier molecular flexibility index (Phi) is 2.66. The molecule has 5 heteroatoms. The van der Waals surface area contributed by atoms with E-state index >= 15 is 0 Å². The van der Waals surface area contributed by atoms with Crippen LogP contribution in [0.2, 0.25) is 5.15 Å². The summed E-state index contributed by atoms with van der Waals surface area (Å²) in [4.78, 5) is 14.6. The quantitative estimate of drug-likeness (QED) is 0.815. The van der Waals surface area contributed by atoms with Crippen LogP contribution in [0.1, 0.15) is 11.3 Å². The molecule has 0 aliphatic rings.